The first-order valence-corrected chi connectivity index (χ1v) is 6.37. The van der Waals surface area contributed by atoms with Gasteiger partial charge < -0.3 is 5.32 Å². The molecule has 2 nitrogen and oxygen atoms in total. The van der Waals surface area contributed by atoms with Crippen LogP contribution < -0.4 is 5.32 Å². The van der Waals surface area contributed by atoms with E-state index in [2.05, 4.69) is 52.8 Å². The van der Waals surface area contributed by atoms with Crippen molar-refractivity contribution in [2.24, 2.45) is 4.99 Å². The summed E-state index contributed by atoms with van der Waals surface area (Å²) >= 11 is 0. The summed E-state index contributed by atoms with van der Waals surface area (Å²) in [4.78, 5) is 4.31. The Kier molecular flexibility index (Phi) is 2.04. The number of benzene rings is 2. The summed E-state index contributed by atoms with van der Waals surface area (Å²) in [6.07, 6.45) is 3.05. The summed E-state index contributed by atoms with van der Waals surface area (Å²) in [5, 5.41) is 3.60. The molecule has 0 aromatic heterocycles. The van der Waals surface area contributed by atoms with E-state index in [0.717, 1.165) is 13.0 Å². The molecule has 0 amide bonds. The molecule has 0 saturated heterocycles. The summed E-state index contributed by atoms with van der Waals surface area (Å²) in [5.41, 5.74) is 6.69. The molecule has 2 aromatic carbocycles. The van der Waals surface area contributed by atoms with Crippen LogP contribution in [0.2, 0.25) is 0 Å². The summed E-state index contributed by atoms with van der Waals surface area (Å²) in [5.74, 6) is 0. The van der Waals surface area contributed by atoms with Crippen molar-refractivity contribution in [2.45, 2.75) is 19.0 Å². The molecule has 18 heavy (non-hydrogen) atoms. The maximum atomic E-state index is 4.31. The van der Waals surface area contributed by atoms with E-state index in [1.54, 1.807) is 0 Å². The van der Waals surface area contributed by atoms with Crippen LogP contribution in [0.25, 0.3) is 0 Å². The number of fused-ring (bicyclic) bond motifs is 2. The van der Waals surface area contributed by atoms with Crippen molar-refractivity contribution >= 4 is 11.9 Å². The molecule has 2 heterocycles. The molecule has 0 aliphatic carbocycles. The fourth-order valence-corrected chi connectivity index (χ4v) is 2.85. The molecule has 1 unspecified atom stereocenters. The molecule has 0 saturated carbocycles. The summed E-state index contributed by atoms with van der Waals surface area (Å²) in [6, 6.07) is 15.7. The molecule has 4 rings (SSSR count). The predicted octanol–water partition coefficient (Wildman–Crippen LogP) is 3.33. The van der Waals surface area contributed by atoms with Crippen molar-refractivity contribution in [1.82, 2.24) is 0 Å². The third kappa shape index (κ3) is 1.46. The molecule has 2 aromatic rings. The monoisotopic (exact) mass is 234 g/mol. The number of rotatable bonds is 1. The molecular formula is C16H14N2. The predicted molar refractivity (Wildman–Crippen MR) is 74.2 cm³/mol. The van der Waals surface area contributed by atoms with Gasteiger partial charge >= 0.3 is 0 Å². The van der Waals surface area contributed by atoms with E-state index in [9.17, 15) is 0 Å². The van der Waals surface area contributed by atoms with E-state index < -0.39 is 0 Å². The lowest BCUT2D eigenvalue weighted by molar-refractivity contribution is 0.821. The van der Waals surface area contributed by atoms with Gasteiger partial charge in [0.05, 0.1) is 12.6 Å². The third-order valence-corrected chi connectivity index (χ3v) is 3.83. The lowest BCUT2D eigenvalue weighted by atomic mass is 9.99. The molecule has 1 N–H and O–H groups in total. The zero-order valence-corrected chi connectivity index (χ0v) is 10.1. The minimum Gasteiger partial charge on any atom is -0.378 e. The van der Waals surface area contributed by atoms with E-state index in [1.165, 1.54) is 27.9 Å². The van der Waals surface area contributed by atoms with E-state index in [4.69, 9.17) is 0 Å². The van der Waals surface area contributed by atoms with Gasteiger partial charge in [0, 0.05) is 11.9 Å². The van der Waals surface area contributed by atoms with Gasteiger partial charge in [0.25, 0.3) is 0 Å². The van der Waals surface area contributed by atoms with E-state index >= 15 is 0 Å². The van der Waals surface area contributed by atoms with Crippen LogP contribution in [0.5, 0.6) is 0 Å². The Morgan fingerprint density at radius 2 is 2.00 bits per heavy atom. The highest BCUT2D eigenvalue weighted by Gasteiger charge is 2.22. The highest BCUT2D eigenvalue weighted by Crippen LogP contribution is 2.34. The molecule has 0 fully saturated rings. The third-order valence-electron chi connectivity index (χ3n) is 3.83. The van der Waals surface area contributed by atoms with Crippen molar-refractivity contribution < 1.29 is 0 Å². The minimum absolute atomic E-state index is 0.410. The number of nitrogens with zero attached hydrogens (tertiary/aromatic N) is 1. The topological polar surface area (TPSA) is 24.4 Å². The van der Waals surface area contributed by atoms with Gasteiger partial charge in [0.1, 0.15) is 0 Å². The maximum absolute atomic E-state index is 4.31. The molecule has 0 spiro atoms. The average molecular weight is 234 g/mol. The number of hydrogen-bond donors (Lipinski definition) is 1. The van der Waals surface area contributed by atoms with Crippen molar-refractivity contribution in [3.63, 3.8) is 0 Å². The quantitative estimate of drug-likeness (QED) is 0.804. The van der Waals surface area contributed by atoms with Crippen molar-refractivity contribution in [3.05, 3.63) is 64.7 Å². The Hall–Kier alpha value is -2.09. The van der Waals surface area contributed by atoms with E-state index in [0.29, 0.717) is 6.04 Å². The highest BCUT2D eigenvalue weighted by atomic mass is 14.9. The Labute approximate surface area is 106 Å². The molecule has 0 radical (unpaired) electrons. The summed E-state index contributed by atoms with van der Waals surface area (Å²) < 4.78 is 0. The first kappa shape index (κ1) is 9.89. The zero-order valence-electron chi connectivity index (χ0n) is 10.1. The second-order valence-electron chi connectivity index (χ2n) is 4.99. The molecule has 2 aliphatic rings. The van der Waals surface area contributed by atoms with Crippen LogP contribution in [-0.2, 0) is 13.0 Å². The average Bonchev–Trinajstić information content (AvgIpc) is 3.04. The molecule has 1 atom stereocenters. The Morgan fingerprint density at radius 3 is 2.94 bits per heavy atom. The smallest absolute Gasteiger partial charge is 0.0646 e. The fraction of sp³-hybridized carbons (Fsp3) is 0.188. The Bertz CT molecular complexity index is 618. The first-order chi connectivity index (χ1) is 8.90. The van der Waals surface area contributed by atoms with Crippen LogP contribution in [0.4, 0.5) is 5.69 Å². The normalized spacial score (nSPS) is 19.4. The highest BCUT2D eigenvalue weighted by molar-refractivity contribution is 5.84. The van der Waals surface area contributed by atoms with Gasteiger partial charge in [0.2, 0.25) is 0 Å². The van der Waals surface area contributed by atoms with Gasteiger partial charge in [-0.2, -0.15) is 0 Å². The maximum Gasteiger partial charge on any atom is 0.0646 e. The lowest BCUT2D eigenvalue weighted by Crippen LogP contribution is -2.06. The summed E-state index contributed by atoms with van der Waals surface area (Å²) in [7, 11) is 0. The van der Waals surface area contributed by atoms with Crippen LogP contribution in [-0.4, -0.2) is 6.21 Å². The largest absolute Gasteiger partial charge is 0.378 e. The lowest BCUT2D eigenvalue weighted by Gasteiger charge is -2.13. The number of anilines is 1. The second-order valence-corrected chi connectivity index (χ2v) is 4.99. The van der Waals surface area contributed by atoms with Gasteiger partial charge in [-0.3, -0.25) is 4.99 Å². The van der Waals surface area contributed by atoms with Crippen LogP contribution in [0.3, 0.4) is 0 Å². The van der Waals surface area contributed by atoms with Crippen molar-refractivity contribution in [2.75, 3.05) is 5.32 Å². The van der Waals surface area contributed by atoms with Crippen LogP contribution >= 0.6 is 0 Å². The molecule has 88 valence electrons. The van der Waals surface area contributed by atoms with Crippen LogP contribution in [0.1, 0.15) is 28.3 Å². The van der Waals surface area contributed by atoms with Crippen molar-refractivity contribution in [1.29, 1.82) is 0 Å². The molecule has 0 bridgehead atoms. The number of nitrogens with one attached hydrogen (secondary N) is 1. The number of para-hydroxylation sites is 1. The number of hydrogen-bond acceptors (Lipinski definition) is 2. The van der Waals surface area contributed by atoms with Gasteiger partial charge in [0.15, 0.2) is 0 Å². The Balaban J connectivity index is 1.67. The molecule has 2 aliphatic heterocycles. The van der Waals surface area contributed by atoms with Crippen molar-refractivity contribution in [3.8, 4) is 0 Å². The fourth-order valence-electron chi connectivity index (χ4n) is 2.85. The van der Waals surface area contributed by atoms with Gasteiger partial charge in [-0.25, -0.2) is 0 Å². The van der Waals surface area contributed by atoms with Gasteiger partial charge in [-0.05, 0) is 34.7 Å². The van der Waals surface area contributed by atoms with Crippen LogP contribution in [0, 0.1) is 0 Å². The molecular weight excluding hydrogens is 220 g/mol. The van der Waals surface area contributed by atoms with E-state index in [-0.39, 0.29) is 0 Å². The second kappa shape index (κ2) is 3.70. The van der Waals surface area contributed by atoms with Gasteiger partial charge in [-0.15, -0.1) is 0 Å². The first-order valence-electron chi connectivity index (χ1n) is 6.37. The zero-order chi connectivity index (χ0) is 11.9. The Morgan fingerprint density at radius 1 is 1.06 bits per heavy atom. The summed E-state index contributed by atoms with van der Waals surface area (Å²) in [6.45, 7) is 0.836. The SMILES string of the molecule is C1=NCc2cc(C3Cc4ccccc4N3)ccc21. The van der Waals surface area contributed by atoms with Crippen LogP contribution in [0.15, 0.2) is 47.5 Å². The van der Waals surface area contributed by atoms with E-state index in [1.807, 2.05) is 6.21 Å². The number of aliphatic imine (C=N–C) groups is 1. The van der Waals surface area contributed by atoms with Gasteiger partial charge in [-0.1, -0.05) is 36.4 Å². The standard InChI is InChI=1S/C16H14N2/c1-2-4-15-11(3-1)8-16(18-15)12-5-6-13-9-17-10-14(13)7-12/h1-7,9,16,18H,8,10H2. The molecule has 2 heteroatoms. The minimum atomic E-state index is 0.410.